The maximum Gasteiger partial charge on any atom is 0.262 e. The SMILES string of the molecule is O=C(Cc1csc(-c2cccs2)n1)Nc1cccc(S(=O)(=O)NC2=NCCCCC2)c1. The van der Waals surface area contributed by atoms with Crippen molar-refractivity contribution in [2.45, 2.75) is 37.0 Å². The number of amidine groups is 1. The van der Waals surface area contributed by atoms with Crippen molar-refractivity contribution in [2.24, 2.45) is 4.99 Å². The third-order valence-corrected chi connectivity index (χ3v) is 7.99. The molecule has 162 valence electrons. The minimum absolute atomic E-state index is 0.0888. The molecule has 0 spiro atoms. The number of hydrogen-bond acceptors (Lipinski definition) is 7. The summed E-state index contributed by atoms with van der Waals surface area (Å²) in [4.78, 5) is 22.5. The van der Waals surface area contributed by atoms with Gasteiger partial charge in [0.2, 0.25) is 5.91 Å². The minimum atomic E-state index is -3.76. The molecule has 1 amide bonds. The van der Waals surface area contributed by atoms with Gasteiger partial charge in [-0.15, -0.1) is 22.7 Å². The molecule has 1 aliphatic rings. The predicted octanol–water partition coefficient (Wildman–Crippen LogP) is 4.30. The lowest BCUT2D eigenvalue weighted by atomic mass is 10.2. The van der Waals surface area contributed by atoms with Gasteiger partial charge in [-0.25, -0.2) is 13.4 Å². The van der Waals surface area contributed by atoms with Crippen molar-refractivity contribution in [3.05, 3.63) is 52.9 Å². The van der Waals surface area contributed by atoms with Gasteiger partial charge in [0.1, 0.15) is 10.8 Å². The first-order valence-corrected chi connectivity index (χ1v) is 13.2. The number of nitrogens with one attached hydrogen (secondary N) is 2. The van der Waals surface area contributed by atoms with Crippen LogP contribution in [0.2, 0.25) is 0 Å². The molecule has 2 aromatic heterocycles. The largest absolute Gasteiger partial charge is 0.326 e. The molecule has 0 radical (unpaired) electrons. The summed E-state index contributed by atoms with van der Waals surface area (Å²) in [5.74, 6) is 0.246. The fraction of sp³-hybridized carbons (Fsp3) is 0.286. The quantitative estimate of drug-likeness (QED) is 0.556. The third-order valence-electron chi connectivity index (χ3n) is 4.68. The number of thiazole rings is 1. The summed E-state index contributed by atoms with van der Waals surface area (Å²) in [6, 6.07) is 10.2. The molecule has 0 saturated heterocycles. The van der Waals surface area contributed by atoms with Crippen molar-refractivity contribution in [1.82, 2.24) is 9.71 Å². The molecule has 7 nitrogen and oxygen atoms in total. The van der Waals surface area contributed by atoms with Crippen molar-refractivity contribution >= 4 is 50.1 Å². The molecule has 2 N–H and O–H groups in total. The van der Waals surface area contributed by atoms with E-state index in [0.29, 0.717) is 30.2 Å². The minimum Gasteiger partial charge on any atom is -0.326 e. The monoisotopic (exact) mass is 474 g/mol. The van der Waals surface area contributed by atoms with Crippen LogP contribution in [0.3, 0.4) is 0 Å². The van der Waals surface area contributed by atoms with E-state index in [1.165, 1.54) is 23.5 Å². The van der Waals surface area contributed by atoms with Crippen LogP contribution in [0, 0.1) is 0 Å². The molecule has 31 heavy (non-hydrogen) atoms. The molecule has 4 rings (SSSR count). The van der Waals surface area contributed by atoms with Gasteiger partial charge in [-0.2, -0.15) is 0 Å². The number of aliphatic imine (C=N–C) groups is 1. The van der Waals surface area contributed by atoms with Gasteiger partial charge >= 0.3 is 0 Å². The fourth-order valence-corrected chi connectivity index (χ4v) is 5.95. The standard InChI is InChI=1S/C21H22N4O3S3/c26-20(13-16-14-30-21(24-16)18-8-5-11-29-18)23-15-6-4-7-17(12-15)31(27,28)25-19-9-2-1-3-10-22-19/h4-8,11-12,14H,1-3,9-10,13H2,(H,22,25)(H,23,26). The number of aromatic nitrogens is 1. The summed E-state index contributed by atoms with van der Waals surface area (Å²) in [6.07, 6.45) is 3.68. The number of sulfonamides is 1. The molecule has 1 aliphatic heterocycles. The zero-order valence-corrected chi connectivity index (χ0v) is 19.2. The molecule has 10 heteroatoms. The zero-order valence-electron chi connectivity index (χ0n) is 16.7. The predicted molar refractivity (Wildman–Crippen MR) is 125 cm³/mol. The Morgan fingerprint density at radius 2 is 2.00 bits per heavy atom. The van der Waals surface area contributed by atoms with E-state index >= 15 is 0 Å². The average Bonchev–Trinajstić information content (AvgIpc) is 3.36. The van der Waals surface area contributed by atoms with Crippen molar-refractivity contribution < 1.29 is 13.2 Å². The van der Waals surface area contributed by atoms with E-state index in [0.717, 1.165) is 29.1 Å². The summed E-state index contributed by atoms with van der Waals surface area (Å²) in [5.41, 5.74) is 1.10. The lowest BCUT2D eigenvalue weighted by molar-refractivity contribution is -0.115. The van der Waals surface area contributed by atoms with Gasteiger partial charge in [0.25, 0.3) is 10.0 Å². The number of hydrogen-bond donors (Lipinski definition) is 2. The van der Waals surface area contributed by atoms with Crippen LogP contribution in [-0.2, 0) is 21.2 Å². The first kappa shape index (κ1) is 21.7. The van der Waals surface area contributed by atoms with Crippen molar-refractivity contribution in [1.29, 1.82) is 0 Å². The number of anilines is 1. The highest BCUT2D eigenvalue weighted by atomic mass is 32.2. The van der Waals surface area contributed by atoms with E-state index in [2.05, 4.69) is 20.0 Å². The molecule has 0 atom stereocenters. The molecular formula is C21H22N4O3S3. The molecule has 3 aromatic rings. The Bertz CT molecular complexity index is 1180. The van der Waals surface area contributed by atoms with Crippen molar-refractivity contribution in [3.63, 3.8) is 0 Å². The van der Waals surface area contributed by atoms with E-state index in [1.54, 1.807) is 23.5 Å². The molecule has 1 aromatic carbocycles. The van der Waals surface area contributed by atoms with Gasteiger partial charge in [0, 0.05) is 24.0 Å². The highest BCUT2D eigenvalue weighted by Crippen LogP contribution is 2.28. The van der Waals surface area contributed by atoms with Gasteiger partial charge in [-0.05, 0) is 42.5 Å². The molecule has 0 saturated carbocycles. The van der Waals surface area contributed by atoms with Crippen LogP contribution in [0.5, 0.6) is 0 Å². The molecule has 3 heterocycles. The van der Waals surface area contributed by atoms with Crippen molar-refractivity contribution in [3.8, 4) is 9.88 Å². The van der Waals surface area contributed by atoms with Crippen LogP contribution in [0.15, 0.2) is 57.0 Å². The highest BCUT2D eigenvalue weighted by Gasteiger charge is 2.18. The second kappa shape index (κ2) is 9.71. The summed E-state index contributed by atoms with van der Waals surface area (Å²) in [7, 11) is -3.76. The smallest absolute Gasteiger partial charge is 0.262 e. The van der Waals surface area contributed by atoms with E-state index in [4.69, 9.17) is 0 Å². The summed E-state index contributed by atoms with van der Waals surface area (Å²) in [6.45, 7) is 0.638. The van der Waals surface area contributed by atoms with E-state index in [-0.39, 0.29) is 17.2 Å². The van der Waals surface area contributed by atoms with Gasteiger partial charge in [-0.1, -0.05) is 18.6 Å². The average molecular weight is 475 g/mol. The number of carbonyl (C=O) groups excluding carboxylic acids is 1. The second-order valence-electron chi connectivity index (χ2n) is 7.12. The summed E-state index contributed by atoms with van der Waals surface area (Å²) >= 11 is 3.10. The Hall–Kier alpha value is -2.56. The van der Waals surface area contributed by atoms with Crippen LogP contribution < -0.4 is 10.0 Å². The van der Waals surface area contributed by atoms with E-state index < -0.39 is 10.0 Å². The summed E-state index contributed by atoms with van der Waals surface area (Å²) in [5, 5.41) is 7.51. The number of carbonyl (C=O) groups is 1. The van der Waals surface area contributed by atoms with Gasteiger partial charge in [0.05, 0.1) is 21.9 Å². The highest BCUT2D eigenvalue weighted by molar-refractivity contribution is 7.90. The topological polar surface area (TPSA) is 101 Å². The third kappa shape index (κ3) is 5.78. The zero-order chi connectivity index (χ0) is 21.7. The van der Waals surface area contributed by atoms with E-state index in [9.17, 15) is 13.2 Å². The first-order valence-electron chi connectivity index (χ1n) is 9.94. The number of rotatable bonds is 6. The Morgan fingerprint density at radius 1 is 1.10 bits per heavy atom. The summed E-state index contributed by atoms with van der Waals surface area (Å²) < 4.78 is 28.1. The van der Waals surface area contributed by atoms with Crippen LogP contribution in [0.1, 0.15) is 31.4 Å². The number of thiophene rings is 1. The molecule has 0 aliphatic carbocycles. The number of amides is 1. The molecule has 0 fully saturated rings. The number of benzene rings is 1. The Balaban J connectivity index is 1.41. The fourth-order valence-electron chi connectivity index (χ4n) is 3.18. The number of nitrogens with zero attached hydrogens (tertiary/aromatic N) is 2. The van der Waals surface area contributed by atoms with Crippen molar-refractivity contribution in [2.75, 3.05) is 11.9 Å². The second-order valence-corrected chi connectivity index (χ2v) is 10.6. The Kier molecular flexibility index (Phi) is 6.79. The van der Waals surface area contributed by atoms with Gasteiger partial charge in [0.15, 0.2) is 0 Å². The molecular weight excluding hydrogens is 452 g/mol. The van der Waals surface area contributed by atoms with Crippen LogP contribution in [0.4, 0.5) is 5.69 Å². The van der Waals surface area contributed by atoms with Gasteiger partial charge in [-0.3, -0.25) is 14.5 Å². The molecule has 0 unspecified atom stereocenters. The maximum absolute atomic E-state index is 12.7. The Labute approximate surface area is 189 Å². The molecule has 0 bridgehead atoms. The lowest BCUT2D eigenvalue weighted by Crippen LogP contribution is -2.30. The van der Waals surface area contributed by atoms with E-state index in [1.807, 2.05) is 22.9 Å². The lowest BCUT2D eigenvalue weighted by Gasteiger charge is -2.11. The Morgan fingerprint density at radius 3 is 2.84 bits per heavy atom. The van der Waals surface area contributed by atoms with Crippen LogP contribution in [0.25, 0.3) is 9.88 Å². The van der Waals surface area contributed by atoms with Crippen LogP contribution >= 0.6 is 22.7 Å². The maximum atomic E-state index is 12.7. The van der Waals surface area contributed by atoms with Crippen LogP contribution in [-0.4, -0.2) is 31.7 Å². The first-order chi connectivity index (χ1) is 15.0. The normalized spacial score (nSPS) is 14.5. The van der Waals surface area contributed by atoms with Gasteiger partial charge < -0.3 is 5.32 Å².